The van der Waals surface area contributed by atoms with Gasteiger partial charge in [0.1, 0.15) is 11.8 Å². The summed E-state index contributed by atoms with van der Waals surface area (Å²) in [6.45, 7) is 1.15. The molecule has 0 saturated carbocycles. The molecule has 0 aliphatic heterocycles. The van der Waals surface area contributed by atoms with E-state index in [2.05, 4.69) is 11.1 Å². The first-order valence-corrected chi connectivity index (χ1v) is 7.99. The van der Waals surface area contributed by atoms with Crippen molar-refractivity contribution in [1.82, 2.24) is 9.55 Å². The summed E-state index contributed by atoms with van der Waals surface area (Å²) >= 11 is 6.15. The van der Waals surface area contributed by atoms with Gasteiger partial charge in [0.05, 0.1) is 18.5 Å². The summed E-state index contributed by atoms with van der Waals surface area (Å²) in [4.78, 5) is 4.03. The number of nitrogens with zero attached hydrogens (tertiary/aromatic N) is 3. The molecule has 0 atom stereocenters. The molecule has 0 aliphatic rings. The molecule has 4 nitrogen and oxygen atoms in total. The first-order chi connectivity index (χ1) is 11.8. The summed E-state index contributed by atoms with van der Waals surface area (Å²) < 4.78 is 7.81. The van der Waals surface area contributed by atoms with Crippen molar-refractivity contribution in [2.24, 2.45) is 0 Å². The number of halogens is 1. The van der Waals surface area contributed by atoms with Gasteiger partial charge in [-0.1, -0.05) is 35.9 Å². The Labute approximate surface area is 145 Å². The molecule has 120 valence electrons. The minimum atomic E-state index is 0.465. The van der Waals surface area contributed by atoms with Crippen LogP contribution in [-0.4, -0.2) is 16.2 Å². The Kier molecular flexibility index (Phi) is 5.15. The average molecular weight is 338 g/mol. The predicted octanol–water partition coefficient (Wildman–Crippen LogP) is 4.08. The van der Waals surface area contributed by atoms with Crippen LogP contribution in [0.3, 0.4) is 0 Å². The van der Waals surface area contributed by atoms with E-state index in [4.69, 9.17) is 16.3 Å². The first-order valence-electron chi connectivity index (χ1n) is 7.61. The Hall–Kier alpha value is -2.77. The SMILES string of the molecule is N#Cc1ccc(Cn2ccnc2)cc1OCCc1ccccc1Cl. The zero-order valence-electron chi connectivity index (χ0n) is 13.0. The Balaban J connectivity index is 1.69. The Morgan fingerprint density at radius 3 is 2.83 bits per heavy atom. The first kappa shape index (κ1) is 16.1. The number of rotatable bonds is 6. The highest BCUT2D eigenvalue weighted by Crippen LogP contribution is 2.22. The quantitative estimate of drug-likeness (QED) is 0.681. The third kappa shape index (κ3) is 3.95. The van der Waals surface area contributed by atoms with E-state index in [0.29, 0.717) is 30.9 Å². The highest BCUT2D eigenvalue weighted by atomic mass is 35.5. The van der Waals surface area contributed by atoms with E-state index in [1.807, 2.05) is 47.2 Å². The number of hydrogen-bond donors (Lipinski definition) is 0. The average Bonchev–Trinajstić information content (AvgIpc) is 3.10. The van der Waals surface area contributed by atoms with Crippen molar-refractivity contribution in [2.45, 2.75) is 13.0 Å². The lowest BCUT2D eigenvalue weighted by atomic mass is 10.1. The van der Waals surface area contributed by atoms with Crippen molar-refractivity contribution in [1.29, 1.82) is 5.26 Å². The van der Waals surface area contributed by atoms with Crippen LogP contribution in [0.15, 0.2) is 61.2 Å². The van der Waals surface area contributed by atoms with E-state index in [0.717, 1.165) is 16.1 Å². The van der Waals surface area contributed by atoms with Gasteiger partial charge in [0.2, 0.25) is 0 Å². The normalized spacial score (nSPS) is 10.3. The van der Waals surface area contributed by atoms with Gasteiger partial charge in [0.15, 0.2) is 0 Å². The van der Waals surface area contributed by atoms with Crippen LogP contribution < -0.4 is 4.74 Å². The van der Waals surface area contributed by atoms with Crippen molar-refractivity contribution in [3.63, 3.8) is 0 Å². The molecule has 0 fully saturated rings. The molecule has 0 saturated heterocycles. The van der Waals surface area contributed by atoms with Gasteiger partial charge < -0.3 is 9.30 Å². The van der Waals surface area contributed by atoms with Crippen LogP contribution in [0.4, 0.5) is 0 Å². The second-order valence-electron chi connectivity index (χ2n) is 5.37. The van der Waals surface area contributed by atoms with E-state index in [-0.39, 0.29) is 0 Å². The van der Waals surface area contributed by atoms with E-state index >= 15 is 0 Å². The third-order valence-corrected chi connectivity index (χ3v) is 4.05. The molecular weight excluding hydrogens is 322 g/mol. The molecule has 5 heteroatoms. The number of aromatic nitrogens is 2. The number of ether oxygens (including phenoxy) is 1. The molecule has 1 heterocycles. The van der Waals surface area contributed by atoms with Crippen LogP contribution in [0, 0.1) is 11.3 Å². The van der Waals surface area contributed by atoms with Crippen molar-refractivity contribution >= 4 is 11.6 Å². The van der Waals surface area contributed by atoms with E-state index in [9.17, 15) is 5.26 Å². The van der Waals surface area contributed by atoms with Gasteiger partial charge in [-0.3, -0.25) is 0 Å². The van der Waals surface area contributed by atoms with Gasteiger partial charge in [-0.2, -0.15) is 5.26 Å². The largest absolute Gasteiger partial charge is 0.492 e. The fourth-order valence-electron chi connectivity index (χ4n) is 2.44. The molecule has 1 aromatic heterocycles. The summed E-state index contributed by atoms with van der Waals surface area (Å²) in [7, 11) is 0. The maximum absolute atomic E-state index is 9.26. The zero-order valence-corrected chi connectivity index (χ0v) is 13.8. The Bertz CT molecular complexity index is 853. The molecule has 0 amide bonds. The van der Waals surface area contributed by atoms with Gasteiger partial charge in [-0.05, 0) is 29.3 Å². The smallest absolute Gasteiger partial charge is 0.137 e. The molecule has 0 radical (unpaired) electrons. The zero-order chi connectivity index (χ0) is 16.8. The molecule has 0 unspecified atom stereocenters. The fourth-order valence-corrected chi connectivity index (χ4v) is 2.67. The summed E-state index contributed by atoms with van der Waals surface area (Å²) in [5.41, 5.74) is 2.62. The number of benzene rings is 2. The van der Waals surface area contributed by atoms with Gasteiger partial charge in [0.25, 0.3) is 0 Å². The van der Waals surface area contributed by atoms with Gasteiger partial charge in [-0.15, -0.1) is 0 Å². The van der Waals surface area contributed by atoms with Crippen LogP contribution in [0.1, 0.15) is 16.7 Å². The highest BCUT2D eigenvalue weighted by Gasteiger charge is 2.07. The standard InChI is InChI=1S/C19H16ClN3O/c20-18-4-2-1-3-16(18)7-10-24-19-11-15(5-6-17(19)12-21)13-23-9-8-22-14-23/h1-6,8-9,11,14H,7,10,13H2. The number of imidazole rings is 1. The van der Waals surface area contributed by atoms with Crippen LogP contribution in [0.2, 0.25) is 5.02 Å². The van der Waals surface area contributed by atoms with Crippen LogP contribution in [-0.2, 0) is 13.0 Å². The molecule has 0 bridgehead atoms. The molecule has 2 aromatic carbocycles. The maximum atomic E-state index is 9.26. The minimum absolute atomic E-state index is 0.465. The molecule has 3 aromatic rings. The van der Waals surface area contributed by atoms with Gasteiger partial charge in [-0.25, -0.2) is 4.98 Å². The van der Waals surface area contributed by atoms with Crippen LogP contribution in [0.25, 0.3) is 0 Å². The monoisotopic (exact) mass is 337 g/mol. The lowest BCUT2D eigenvalue weighted by Crippen LogP contribution is -2.04. The van der Waals surface area contributed by atoms with E-state index < -0.39 is 0 Å². The topological polar surface area (TPSA) is 50.8 Å². The minimum Gasteiger partial charge on any atom is -0.492 e. The van der Waals surface area contributed by atoms with E-state index in [1.165, 1.54) is 0 Å². The highest BCUT2D eigenvalue weighted by molar-refractivity contribution is 6.31. The fraction of sp³-hybridized carbons (Fsp3) is 0.158. The Morgan fingerprint density at radius 2 is 2.08 bits per heavy atom. The van der Waals surface area contributed by atoms with Crippen LogP contribution >= 0.6 is 11.6 Å². The van der Waals surface area contributed by atoms with Gasteiger partial charge >= 0.3 is 0 Å². The lowest BCUT2D eigenvalue weighted by Gasteiger charge is -2.11. The Morgan fingerprint density at radius 1 is 1.21 bits per heavy atom. The van der Waals surface area contributed by atoms with E-state index in [1.54, 1.807) is 18.6 Å². The molecule has 0 N–H and O–H groups in total. The summed E-state index contributed by atoms with van der Waals surface area (Å²) in [6, 6.07) is 15.5. The molecule has 0 spiro atoms. The number of hydrogen-bond acceptors (Lipinski definition) is 3. The van der Waals surface area contributed by atoms with Gasteiger partial charge in [0, 0.05) is 30.4 Å². The molecule has 24 heavy (non-hydrogen) atoms. The lowest BCUT2D eigenvalue weighted by molar-refractivity contribution is 0.320. The summed E-state index contributed by atoms with van der Waals surface area (Å²) in [5, 5.41) is 9.99. The third-order valence-electron chi connectivity index (χ3n) is 3.68. The van der Waals surface area contributed by atoms with Crippen molar-refractivity contribution in [2.75, 3.05) is 6.61 Å². The molecule has 3 rings (SSSR count). The summed E-state index contributed by atoms with van der Waals surface area (Å²) in [5.74, 6) is 0.599. The number of nitriles is 1. The molecular formula is C19H16ClN3O. The van der Waals surface area contributed by atoms with Crippen molar-refractivity contribution in [3.8, 4) is 11.8 Å². The van der Waals surface area contributed by atoms with Crippen molar-refractivity contribution < 1.29 is 4.74 Å². The second-order valence-corrected chi connectivity index (χ2v) is 5.77. The summed E-state index contributed by atoms with van der Waals surface area (Å²) in [6.07, 6.45) is 6.09. The van der Waals surface area contributed by atoms with Crippen molar-refractivity contribution in [3.05, 3.63) is 82.9 Å². The maximum Gasteiger partial charge on any atom is 0.137 e. The molecule has 0 aliphatic carbocycles. The van der Waals surface area contributed by atoms with Crippen LogP contribution in [0.5, 0.6) is 5.75 Å². The second kappa shape index (κ2) is 7.67. The predicted molar refractivity (Wildman–Crippen MR) is 93.1 cm³/mol.